The largest absolute Gasteiger partial charge is 0.491 e. The zero-order valence-corrected chi connectivity index (χ0v) is 18.0. The van der Waals surface area contributed by atoms with E-state index in [0.29, 0.717) is 30.9 Å². The van der Waals surface area contributed by atoms with Crippen LogP contribution >= 0.6 is 0 Å². The topological polar surface area (TPSA) is 90.9 Å². The fraction of sp³-hybridized carbons (Fsp3) is 0.280. The number of amides is 2. The van der Waals surface area contributed by atoms with Crippen LogP contribution in [0.3, 0.4) is 0 Å². The summed E-state index contributed by atoms with van der Waals surface area (Å²) in [6, 6.07) is 19.5. The van der Waals surface area contributed by atoms with Crippen LogP contribution in [-0.4, -0.2) is 67.8 Å². The number of aliphatic hydroxyl groups is 1. The molecule has 1 fully saturated rings. The number of benzene rings is 3. The van der Waals surface area contributed by atoms with Crippen LogP contribution in [0, 0.1) is 0 Å². The first-order valence-electron chi connectivity index (χ1n) is 10.7. The van der Waals surface area contributed by atoms with Crippen LogP contribution in [0.2, 0.25) is 0 Å². The predicted molar refractivity (Wildman–Crippen MR) is 124 cm³/mol. The second-order valence-corrected chi connectivity index (χ2v) is 7.93. The zero-order chi connectivity index (χ0) is 22.5. The number of piperazine rings is 1. The van der Waals surface area contributed by atoms with Gasteiger partial charge in [-0.05, 0) is 52.2 Å². The summed E-state index contributed by atoms with van der Waals surface area (Å²) in [5, 5.41) is 17.8. The average molecular weight is 434 g/mol. The summed E-state index contributed by atoms with van der Waals surface area (Å²) in [4.78, 5) is 25.3. The lowest BCUT2D eigenvalue weighted by molar-refractivity contribution is -0.124. The number of nitrogens with one attached hydrogen (secondary N) is 2. The van der Waals surface area contributed by atoms with Crippen molar-refractivity contribution >= 4 is 22.6 Å². The van der Waals surface area contributed by atoms with Crippen molar-refractivity contribution in [3.63, 3.8) is 0 Å². The van der Waals surface area contributed by atoms with E-state index < -0.39 is 6.10 Å². The summed E-state index contributed by atoms with van der Waals surface area (Å²) < 4.78 is 5.79. The molecule has 1 aliphatic heterocycles. The molecule has 2 amide bonds. The number of fused-ring (bicyclic) bond motifs is 1. The van der Waals surface area contributed by atoms with Crippen molar-refractivity contribution < 1.29 is 19.4 Å². The van der Waals surface area contributed by atoms with Crippen molar-refractivity contribution in [2.24, 2.45) is 0 Å². The Morgan fingerprint density at radius 1 is 1.12 bits per heavy atom. The lowest BCUT2D eigenvalue weighted by Gasteiger charge is -2.28. The van der Waals surface area contributed by atoms with Crippen molar-refractivity contribution in [2.75, 3.05) is 39.8 Å². The molecule has 3 aromatic rings. The van der Waals surface area contributed by atoms with Gasteiger partial charge in [-0.3, -0.25) is 14.5 Å². The van der Waals surface area contributed by atoms with Crippen molar-refractivity contribution in [1.29, 1.82) is 0 Å². The molecule has 3 aromatic carbocycles. The van der Waals surface area contributed by atoms with E-state index in [9.17, 15) is 14.7 Å². The molecule has 1 heterocycles. The first-order valence-corrected chi connectivity index (χ1v) is 10.7. The highest BCUT2D eigenvalue weighted by atomic mass is 16.5. The Bertz CT molecular complexity index is 1130. The third-order valence-electron chi connectivity index (χ3n) is 5.53. The minimum absolute atomic E-state index is 0.0152. The number of hydrogen-bond acceptors (Lipinski definition) is 5. The monoisotopic (exact) mass is 433 g/mol. The Balaban J connectivity index is 1.42. The van der Waals surface area contributed by atoms with Gasteiger partial charge in [-0.15, -0.1) is 0 Å². The minimum Gasteiger partial charge on any atom is -0.491 e. The highest BCUT2D eigenvalue weighted by Crippen LogP contribution is 2.27. The Labute approximate surface area is 187 Å². The van der Waals surface area contributed by atoms with Gasteiger partial charge < -0.3 is 20.5 Å². The molecule has 0 aromatic heterocycles. The number of hydrogen-bond donors (Lipinski definition) is 3. The molecule has 1 aliphatic rings. The summed E-state index contributed by atoms with van der Waals surface area (Å²) in [5.74, 6) is 0.557. The molecule has 1 saturated heterocycles. The van der Waals surface area contributed by atoms with Gasteiger partial charge in [-0.1, -0.05) is 30.3 Å². The highest BCUT2D eigenvalue weighted by Gasteiger charge is 2.19. The van der Waals surface area contributed by atoms with Gasteiger partial charge in [0.2, 0.25) is 5.91 Å². The normalized spacial score (nSPS) is 15.2. The fourth-order valence-electron chi connectivity index (χ4n) is 3.87. The molecule has 166 valence electrons. The van der Waals surface area contributed by atoms with Crippen LogP contribution in [0.15, 0.2) is 60.7 Å². The van der Waals surface area contributed by atoms with Crippen LogP contribution in [0.4, 0.5) is 0 Å². The zero-order valence-electron chi connectivity index (χ0n) is 18.0. The van der Waals surface area contributed by atoms with Gasteiger partial charge in [0.15, 0.2) is 0 Å². The Morgan fingerprint density at radius 2 is 1.91 bits per heavy atom. The molecule has 3 N–H and O–H groups in total. The Hall–Kier alpha value is -3.42. The molecule has 7 nitrogen and oxygen atoms in total. The first-order chi connectivity index (χ1) is 15.5. The van der Waals surface area contributed by atoms with Gasteiger partial charge in [0.05, 0.1) is 6.54 Å². The molecular weight excluding hydrogens is 406 g/mol. The van der Waals surface area contributed by atoms with Gasteiger partial charge in [0.1, 0.15) is 18.5 Å². The van der Waals surface area contributed by atoms with Crippen LogP contribution < -0.4 is 15.4 Å². The number of rotatable bonds is 7. The van der Waals surface area contributed by atoms with E-state index in [1.807, 2.05) is 53.4 Å². The maximum atomic E-state index is 11.9. The van der Waals surface area contributed by atoms with E-state index in [1.54, 1.807) is 13.1 Å². The molecule has 32 heavy (non-hydrogen) atoms. The van der Waals surface area contributed by atoms with Crippen LogP contribution in [0.25, 0.3) is 21.9 Å². The van der Waals surface area contributed by atoms with E-state index in [-0.39, 0.29) is 18.4 Å². The van der Waals surface area contributed by atoms with Gasteiger partial charge in [0.25, 0.3) is 5.91 Å². The lowest BCUT2D eigenvalue weighted by Crippen LogP contribution is -2.50. The fourth-order valence-corrected chi connectivity index (χ4v) is 3.87. The summed E-state index contributed by atoms with van der Waals surface area (Å²) in [5.41, 5.74) is 2.62. The summed E-state index contributed by atoms with van der Waals surface area (Å²) in [7, 11) is 1.62. The number of β-amino-alcohol motifs (C(OH)–C–C–N with tert-alkyl or cyclic N) is 1. The van der Waals surface area contributed by atoms with E-state index in [4.69, 9.17) is 4.74 Å². The number of nitrogens with zero attached hydrogens (tertiary/aromatic N) is 1. The van der Waals surface area contributed by atoms with E-state index >= 15 is 0 Å². The standard InChI is InChI=1S/C25H27N3O4/c1-26-25(31)21-4-2-3-17(12-21)18-5-6-20-13-23(8-7-19(20)11-18)32-16-22(29)14-28-10-9-27-24(30)15-28/h2-8,11-13,22,29H,9-10,14-16H2,1H3,(H,26,31)(H,27,30). The SMILES string of the molecule is CNC(=O)c1cccc(-c2ccc3cc(OCC(O)CN4CCNC(=O)C4)ccc3c2)c1. The predicted octanol–water partition coefficient (Wildman–Crippen LogP) is 2.04. The van der Waals surface area contributed by atoms with Crippen LogP contribution in [0.1, 0.15) is 10.4 Å². The third-order valence-corrected chi connectivity index (χ3v) is 5.53. The number of carbonyl (C=O) groups is 2. The molecule has 1 unspecified atom stereocenters. The summed E-state index contributed by atoms with van der Waals surface area (Å²) in [6.45, 7) is 2.21. The summed E-state index contributed by atoms with van der Waals surface area (Å²) in [6.07, 6.45) is -0.674. The number of ether oxygens (including phenoxy) is 1. The Morgan fingerprint density at radius 3 is 2.72 bits per heavy atom. The number of aliphatic hydroxyl groups excluding tert-OH is 1. The second-order valence-electron chi connectivity index (χ2n) is 7.93. The molecule has 0 saturated carbocycles. The lowest BCUT2D eigenvalue weighted by atomic mass is 9.99. The molecule has 0 aliphatic carbocycles. The van der Waals surface area contributed by atoms with Gasteiger partial charge >= 0.3 is 0 Å². The van der Waals surface area contributed by atoms with E-state index in [2.05, 4.69) is 16.7 Å². The van der Waals surface area contributed by atoms with Crippen LogP contribution in [0.5, 0.6) is 5.75 Å². The average Bonchev–Trinajstić information content (AvgIpc) is 2.82. The van der Waals surface area contributed by atoms with Crippen LogP contribution in [-0.2, 0) is 4.79 Å². The minimum atomic E-state index is -0.674. The smallest absolute Gasteiger partial charge is 0.251 e. The highest BCUT2D eigenvalue weighted by molar-refractivity contribution is 5.96. The molecule has 1 atom stereocenters. The maximum Gasteiger partial charge on any atom is 0.251 e. The second kappa shape index (κ2) is 9.80. The molecule has 0 spiro atoms. The molecule has 4 rings (SSSR count). The van der Waals surface area contributed by atoms with Crippen molar-refractivity contribution in [2.45, 2.75) is 6.10 Å². The van der Waals surface area contributed by atoms with Gasteiger partial charge in [0, 0.05) is 32.2 Å². The van der Waals surface area contributed by atoms with Crippen molar-refractivity contribution in [1.82, 2.24) is 15.5 Å². The molecule has 0 radical (unpaired) electrons. The van der Waals surface area contributed by atoms with Crippen molar-refractivity contribution in [3.8, 4) is 16.9 Å². The maximum absolute atomic E-state index is 11.9. The third kappa shape index (κ3) is 5.25. The molecule has 7 heteroatoms. The Kier molecular flexibility index (Phi) is 6.68. The van der Waals surface area contributed by atoms with E-state index in [0.717, 1.165) is 28.4 Å². The molecular formula is C25H27N3O4. The molecule has 0 bridgehead atoms. The summed E-state index contributed by atoms with van der Waals surface area (Å²) >= 11 is 0. The van der Waals surface area contributed by atoms with Crippen molar-refractivity contribution in [3.05, 3.63) is 66.2 Å². The first kappa shape index (κ1) is 21.8. The number of carbonyl (C=O) groups excluding carboxylic acids is 2. The van der Waals surface area contributed by atoms with E-state index in [1.165, 1.54) is 0 Å². The van der Waals surface area contributed by atoms with Gasteiger partial charge in [-0.25, -0.2) is 0 Å². The quantitative estimate of drug-likeness (QED) is 0.531. The van der Waals surface area contributed by atoms with Gasteiger partial charge in [-0.2, -0.15) is 0 Å².